The molecule has 0 spiro atoms. The van der Waals surface area contributed by atoms with E-state index >= 15 is 0 Å². The van der Waals surface area contributed by atoms with Crippen LogP contribution in [0.5, 0.6) is 0 Å². The molecule has 0 bridgehead atoms. The Morgan fingerprint density at radius 3 is 2.38 bits per heavy atom. The van der Waals surface area contributed by atoms with Crippen LogP contribution in [0.4, 0.5) is 5.69 Å². The predicted octanol–water partition coefficient (Wildman–Crippen LogP) is 3.22. The first kappa shape index (κ1) is 17.3. The first-order valence-corrected chi connectivity index (χ1v) is 7.28. The van der Waals surface area contributed by atoms with E-state index in [-0.39, 0.29) is 23.0 Å². The summed E-state index contributed by atoms with van der Waals surface area (Å²) < 4.78 is 0. The van der Waals surface area contributed by atoms with Crippen LogP contribution in [0.15, 0.2) is 52.7 Å². The molecule has 0 unspecified atom stereocenters. The van der Waals surface area contributed by atoms with Crippen LogP contribution in [-0.4, -0.2) is 22.4 Å². The molecule has 0 N–H and O–H groups in total. The molecule has 0 atom stereocenters. The number of carbonyl (C=O) groups excluding carboxylic acids is 2. The molecule has 0 heterocycles. The summed E-state index contributed by atoms with van der Waals surface area (Å²) in [7, 11) is 0. The maximum atomic E-state index is 12.0. The van der Waals surface area contributed by atoms with Gasteiger partial charge in [-0.05, 0) is 48.3 Å². The maximum absolute atomic E-state index is 12.0. The molecule has 1 aliphatic rings. The zero-order valence-electron chi connectivity index (χ0n) is 13.5. The highest BCUT2D eigenvalue weighted by Crippen LogP contribution is 2.20. The number of benzene rings is 1. The number of nitro groups is 1. The molecule has 124 valence electrons. The lowest BCUT2D eigenvalue weighted by Gasteiger charge is -2.15. The lowest BCUT2D eigenvalue weighted by molar-refractivity contribution is -0.384. The summed E-state index contributed by atoms with van der Waals surface area (Å²) in [5, 5.41) is 14.4. The van der Waals surface area contributed by atoms with Crippen LogP contribution < -0.4 is 0 Å². The Hall–Kier alpha value is -3.09. The zero-order valence-corrected chi connectivity index (χ0v) is 13.5. The number of oxime groups is 1. The van der Waals surface area contributed by atoms with Gasteiger partial charge in [0.25, 0.3) is 5.69 Å². The predicted molar refractivity (Wildman–Crippen MR) is 87.6 cm³/mol. The van der Waals surface area contributed by atoms with Crippen LogP contribution in [0.25, 0.3) is 0 Å². The van der Waals surface area contributed by atoms with E-state index in [2.05, 4.69) is 5.16 Å². The minimum atomic E-state index is -0.733. The SMILES string of the molecule is CC1=C/C(=N/OC(=O)c2ccc([N+](=O)[O-])cc2)C(C(C)C)=CC1=O. The third-order valence-electron chi connectivity index (χ3n) is 3.49. The number of carbonyl (C=O) groups is 2. The molecule has 0 saturated carbocycles. The zero-order chi connectivity index (χ0) is 17.9. The number of nitrogens with zero attached hydrogens (tertiary/aromatic N) is 2. The number of allylic oxidation sites excluding steroid dienone is 4. The average Bonchev–Trinajstić information content (AvgIpc) is 2.55. The summed E-state index contributed by atoms with van der Waals surface area (Å²) >= 11 is 0. The van der Waals surface area contributed by atoms with E-state index in [9.17, 15) is 19.7 Å². The monoisotopic (exact) mass is 328 g/mol. The van der Waals surface area contributed by atoms with Gasteiger partial charge in [0.2, 0.25) is 0 Å². The topological polar surface area (TPSA) is 98.9 Å². The summed E-state index contributed by atoms with van der Waals surface area (Å²) in [6.45, 7) is 5.46. The second kappa shape index (κ2) is 6.99. The van der Waals surface area contributed by atoms with Gasteiger partial charge in [0.15, 0.2) is 5.78 Å². The molecule has 24 heavy (non-hydrogen) atoms. The van der Waals surface area contributed by atoms with Gasteiger partial charge in [-0.3, -0.25) is 14.9 Å². The summed E-state index contributed by atoms with van der Waals surface area (Å²) in [5.74, 6) is -0.794. The molecular formula is C17H16N2O5. The van der Waals surface area contributed by atoms with Crippen molar-refractivity contribution in [3.05, 3.63) is 63.2 Å². The van der Waals surface area contributed by atoms with Crippen molar-refractivity contribution in [2.45, 2.75) is 20.8 Å². The van der Waals surface area contributed by atoms with Gasteiger partial charge in [-0.25, -0.2) is 4.79 Å². The van der Waals surface area contributed by atoms with Crippen LogP contribution in [0.1, 0.15) is 31.1 Å². The Kier molecular flexibility index (Phi) is 5.03. The largest absolute Gasteiger partial charge is 0.365 e. The first-order chi connectivity index (χ1) is 11.3. The number of hydrogen-bond acceptors (Lipinski definition) is 6. The Morgan fingerprint density at radius 1 is 1.21 bits per heavy atom. The van der Waals surface area contributed by atoms with Gasteiger partial charge in [-0.2, -0.15) is 0 Å². The van der Waals surface area contributed by atoms with E-state index in [1.165, 1.54) is 30.3 Å². The summed E-state index contributed by atoms with van der Waals surface area (Å²) in [6, 6.07) is 5.02. The van der Waals surface area contributed by atoms with Crippen LogP contribution in [0.2, 0.25) is 0 Å². The second-order valence-electron chi connectivity index (χ2n) is 5.61. The van der Waals surface area contributed by atoms with Crippen LogP contribution in [-0.2, 0) is 9.63 Å². The first-order valence-electron chi connectivity index (χ1n) is 7.28. The fourth-order valence-electron chi connectivity index (χ4n) is 2.09. The summed E-state index contributed by atoms with van der Waals surface area (Å²) in [6.07, 6.45) is 3.05. The van der Waals surface area contributed by atoms with Gasteiger partial charge in [0.05, 0.1) is 10.5 Å². The van der Waals surface area contributed by atoms with E-state index in [4.69, 9.17) is 4.84 Å². The fourth-order valence-corrected chi connectivity index (χ4v) is 2.09. The molecule has 1 aromatic rings. The molecule has 1 aromatic carbocycles. The minimum Gasteiger partial charge on any atom is -0.312 e. The van der Waals surface area contributed by atoms with Crippen molar-refractivity contribution in [2.24, 2.45) is 11.1 Å². The normalized spacial score (nSPS) is 16.0. The van der Waals surface area contributed by atoms with Crippen LogP contribution >= 0.6 is 0 Å². The maximum Gasteiger partial charge on any atom is 0.365 e. The number of nitro benzene ring substituents is 1. The number of ketones is 1. The van der Waals surface area contributed by atoms with Gasteiger partial charge in [0, 0.05) is 12.1 Å². The highest BCUT2D eigenvalue weighted by molar-refractivity contribution is 6.21. The molecule has 0 radical (unpaired) electrons. The third-order valence-corrected chi connectivity index (χ3v) is 3.49. The van der Waals surface area contributed by atoms with E-state index < -0.39 is 10.9 Å². The van der Waals surface area contributed by atoms with Crippen molar-refractivity contribution in [2.75, 3.05) is 0 Å². The van der Waals surface area contributed by atoms with Gasteiger partial charge in [-0.15, -0.1) is 0 Å². The van der Waals surface area contributed by atoms with Crippen molar-refractivity contribution < 1.29 is 19.3 Å². The smallest absolute Gasteiger partial charge is 0.312 e. The summed E-state index contributed by atoms with van der Waals surface area (Å²) in [5.41, 5.74) is 1.63. The summed E-state index contributed by atoms with van der Waals surface area (Å²) in [4.78, 5) is 38.7. The van der Waals surface area contributed by atoms with Crippen molar-refractivity contribution in [1.82, 2.24) is 0 Å². The molecular weight excluding hydrogens is 312 g/mol. The Labute approximate surface area is 138 Å². The van der Waals surface area contributed by atoms with Crippen molar-refractivity contribution in [3.8, 4) is 0 Å². The quantitative estimate of drug-likeness (QED) is 0.366. The number of hydrogen-bond donors (Lipinski definition) is 0. The molecule has 1 aliphatic carbocycles. The Balaban J connectivity index is 2.19. The van der Waals surface area contributed by atoms with Gasteiger partial charge >= 0.3 is 5.97 Å². The standard InChI is InChI=1S/C17H16N2O5/c1-10(2)14-9-16(20)11(3)8-15(14)18-24-17(21)12-4-6-13(7-5-12)19(22)23/h4-10H,1-3H3/b18-15-. The third kappa shape index (κ3) is 3.81. The van der Waals surface area contributed by atoms with E-state index in [0.717, 1.165) is 0 Å². The van der Waals surface area contributed by atoms with Crippen LogP contribution in [0, 0.1) is 16.0 Å². The highest BCUT2D eigenvalue weighted by atomic mass is 16.7. The molecule has 0 aromatic heterocycles. The molecule has 2 rings (SSSR count). The number of non-ortho nitro benzene ring substituents is 1. The van der Waals surface area contributed by atoms with Crippen molar-refractivity contribution in [1.29, 1.82) is 0 Å². The van der Waals surface area contributed by atoms with Gasteiger partial charge in [-0.1, -0.05) is 19.0 Å². The lowest BCUT2D eigenvalue weighted by Crippen LogP contribution is -2.16. The van der Waals surface area contributed by atoms with Crippen LogP contribution in [0.3, 0.4) is 0 Å². The molecule has 0 fully saturated rings. The minimum absolute atomic E-state index is 0.0372. The van der Waals surface area contributed by atoms with Gasteiger partial charge in [0.1, 0.15) is 5.71 Å². The molecule has 7 heteroatoms. The second-order valence-corrected chi connectivity index (χ2v) is 5.61. The van der Waals surface area contributed by atoms with Crippen molar-refractivity contribution in [3.63, 3.8) is 0 Å². The number of rotatable bonds is 4. The average molecular weight is 328 g/mol. The van der Waals surface area contributed by atoms with E-state index in [1.54, 1.807) is 13.0 Å². The highest BCUT2D eigenvalue weighted by Gasteiger charge is 2.20. The lowest BCUT2D eigenvalue weighted by atomic mass is 9.90. The van der Waals surface area contributed by atoms with E-state index in [0.29, 0.717) is 16.9 Å². The molecule has 0 amide bonds. The fraction of sp³-hybridized carbons (Fsp3) is 0.235. The molecule has 0 saturated heterocycles. The van der Waals surface area contributed by atoms with Gasteiger partial charge < -0.3 is 4.84 Å². The van der Waals surface area contributed by atoms with E-state index in [1.807, 2.05) is 13.8 Å². The Morgan fingerprint density at radius 2 is 1.83 bits per heavy atom. The molecule has 0 aliphatic heterocycles. The Bertz CT molecular complexity index is 786. The van der Waals surface area contributed by atoms with Crippen molar-refractivity contribution >= 4 is 23.2 Å². The molecule has 7 nitrogen and oxygen atoms in total.